The number of aryl methyl sites for hydroxylation is 1. The molecular weight excluding hydrogens is 585 g/mol. The Morgan fingerprint density at radius 1 is 0.417 bits per heavy atom. The first kappa shape index (κ1) is 27.1. The zero-order chi connectivity index (χ0) is 31.8. The Hall–Kier alpha value is -6.06. The van der Waals surface area contributed by atoms with Crippen LogP contribution in [0.15, 0.2) is 156 Å². The van der Waals surface area contributed by atoms with E-state index in [0.717, 1.165) is 40.5 Å². The van der Waals surface area contributed by atoms with Crippen molar-refractivity contribution in [3.05, 3.63) is 157 Å². The summed E-state index contributed by atoms with van der Waals surface area (Å²) in [5.41, 5.74) is 12.7. The Labute approximate surface area is 277 Å². The molecule has 3 heterocycles. The molecule has 0 saturated heterocycles. The summed E-state index contributed by atoms with van der Waals surface area (Å²) in [6, 6.07) is 55.2. The normalized spacial score (nSPS) is 12.0. The molecule has 0 unspecified atom stereocenters. The monoisotopic (exact) mass is 616 g/mol. The van der Waals surface area contributed by atoms with E-state index < -0.39 is 0 Å². The number of furan rings is 1. The third-order valence-electron chi connectivity index (χ3n) is 10.0. The molecule has 10 aromatic rings. The fourth-order valence-electron chi connectivity index (χ4n) is 7.82. The zero-order valence-electron chi connectivity index (χ0n) is 26.7. The summed E-state index contributed by atoms with van der Waals surface area (Å²) in [4.78, 5) is 0. The maximum absolute atomic E-state index is 6.38. The smallest absolute Gasteiger partial charge is 0.135 e. The lowest BCUT2D eigenvalue weighted by atomic mass is 10.0. The highest BCUT2D eigenvalue weighted by Crippen LogP contribution is 2.39. The SMILES string of the molecule is CCCc1ccc(-n2c3ccccc3c3cc(-c4ccc5oc6ccc(-n7c8ccccc8c8ccccc87)cc6c5c4)ccc32)cc1. The van der Waals surface area contributed by atoms with Crippen LogP contribution in [-0.2, 0) is 6.42 Å². The molecule has 0 bridgehead atoms. The first-order valence-electron chi connectivity index (χ1n) is 16.8. The molecule has 0 fully saturated rings. The fourth-order valence-corrected chi connectivity index (χ4v) is 7.82. The minimum absolute atomic E-state index is 0.898. The van der Waals surface area contributed by atoms with Gasteiger partial charge in [0.25, 0.3) is 0 Å². The van der Waals surface area contributed by atoms with Gasteiger partial charge in [-0.05, 0) is 95.9 Å². The molecule has 0 radical (unpaired) electrons. The topological polar surface area (TPSA) is 23.0 Å². The van der Waals surface area contributed by atoms with E-state index >= 15 is 0 Å². The molecule has 3 nitrogen and oxygen atoms in total. The second-order valence-corrected chi connectivity index (χ2v) is 12.9. The Bertz CT molecular complexity index is 2790. The van der Waals surface area contributed by atoms with Crippen molar-refractivity contribution in [3.63, 3.8) is 0 Å². The van der Waals surface area contributed by atoms with Crippen LogP contribution in [0.2, 0.25) is 0 Å². The minimum Gasteiger partial charge on any atom is -0.456 e. The summed E-state index contributed by atoms with van der Waals surface area (Å²) in [7, 11) is 0. The lowest BCUT2D eigenvalue weighted by molar-refractivity contribution is 0.669. The predicted molar refractivity (Wildman–Crippen MR) is 202 cm³/mol. The average Bonchev–Trinajstić information content (AvgIpc) is 3.79. The van der Waals surface area contributed by atoms with Crippen LogP contribution in [0, 0.1) is 0 Å². The minimum atomic E-state index is 0.898. The average molecular weight is 617 g/mol. The Balaban J connectivity index is 1.13. The van der Waals surface area contributed by atoms with Crippen molar-refractivity contribution in [3.8, 4) is 22.5 Å². The number of para-hydroxylation sites is 3. The van der Waals surface area contributed by atoms with Gasteiger partial charge in [0.15, 0.2) is 0 Å². The van der Waals surface area contributed by atoms with Gasteiger partial charge < -0.3 is 13.6 Å². The second kappa shape index (κ2) is 10.5. The van der Waals surface area contributed by atoms with Crippen LogP contribution in [0.3, 0.4) is 0 Å². The highest BCUT2D eigenvalue weighted by Gasteiger charge is 2.16. The summed E-state index contributed by atoms with van der Waals surface area (Å²) in [5.74, 6) is 0. The number of aromatic nitrogens is 2. The number of benzene rings is 7. The molecule has 0 N–H and O–H groups in total. The van der Waals surface area contributed by atoms with E-state index in [-0.39, 0.29) is 0 Å². The Morgan fingerprint density at radius 3 is 1.54 bits per heavy atom. The first-order chi connectivity index (χ1) is 23.7. The first-order valence-corrected chi connectivity index (χ1v) is 16.8. The van der Waals surface area contributed by atoms with Crippen LogP contribution in [0.1, 0.15) is 18.9 Å². The largest absolute Gasteiger partial charge is 0.456 e. The lowest BCUT2D eigenvalue weighted by Gasteiger charge is -2.09. The number of fused-ring (bicyclic) bond motifs is 9. The van der Waals surface area contributed by atoms with Crippen LogP contribution < -0.4 is 0 Å². The number of hydrogen-bond donors (Lipinski definition) is 0. The quantitative estimate of drug-likeness (QED) is 0.189. The van der Waals surface area contributed by atoms with Gasteiger partial charge in [-0.1, -0.05) is 92.2 Å². The third-order valence-corrected chi connectivity index (χ3v) is 10.0. The van der Waals surface area contributed by atoms with E-state index in [1.165, 1.54) is 66.0 Å². The van der Waals surface area contributed by atoms with Crippen LogP contribution in [0.25, 0.3) is 88.1 Å². The number of hydrogen-bond acceptors (Lipinski definition) is 1. The molecule has 228 valence electrons. The summed E-state index contributed by atoms with van der Waals surface area (Å²) in [5, 5.41) is 7.29. The van der Waals surface area contributed by atoms with Gasteiger partial charge in [-0.2, -0.15) is 0 Å². The van der Waals surface area contributed by atoms with Gasteiger partial charge >= 0.3 is 0 Å². The predicted octanol–water partition coefficient (Wildman–Crippen LogP) is 12.4. The third kappa shape index (κ3) is 4.01. The Kier molecular flexibility index (Phi) is 5.91. The molecule has 10 rings (SSSR count). The summed E-state index contributed by atoms with van der Waals surface area (Å²) >= 11 is 0. The fraction of sp³-hybridized carbons (Fsp3) is 0.0667. The maximum atomic E-state index is 6.38. The van der Waals surface area contributed by atoms with Gasteiger partial charge in [0.2, 0.25) is 0 Å². The molecule has 48 heavy (non-hydrogen) atoms. The van der Waals surface area contributed by atoms with E-state index in [4.69, 9.17) is 4.42 Å². The molecule has 0 spiro atoms. The van der Waals surface area contributed by atoms with Crippen molar-refractivity contribution in [2.24, 2.45) is 0 Å². The van der Waals surface area contributed by atoms with E-state index in [1.54, 1.807) is 0 Å². The van der Waals surface area contributed by atoms with Crippen molar-refractivity contribution < 1.29 is 4.42 Å². The summed E-state index contributed by atoms with van der Waals surface area (Å²) < 4.78 is 11.1. The van der Waals surface area contributed by atoms with Gasteiger partial charge in [-0.15, -0.1) is 0 Å². The van der Waals surface area contributed by atoms with E-state index in [1.807, 2.05) is 0 Å². The molecular formula is C45H32N2O. The van der Waals surface area contributed by atoms with E-state index in [9.17, 15) is 0 Å². The van der Waals surface area contributed by atoms with Crippen LogP contribution >= 0.6 is 0 Å². The van der Waals surface area contributed by atoms with Crippen LogP contribution in [0.5, 0.6) is 0 Å². The van der Waals surface area contributed by atoms with Crippen LogP contribution in [0.4, 0.5) is 0 Å². The molecule has 0 aliphatic carbocycles. The number of rotatable bonds is 5. The van der Waals surface area contributed by atoms with Gasteiger partial charge in [0.1, 0.15) is 11.2 Å². The Morgan fingerprint density at radius 2 is 0.896 bits per heavy atom. The van der Waals surface area contributed by atoms with Gasteiger partial charge in [-0.3, -0.25) is 0 Å². The number of nitrogens with zero attached hydrogens (tertiary/aromatic N) is 2. The molecule has 0 aliphatic rings. The van der Waals surface area contributed by atoms with Gasteiger partial charge in [0, 0.05) is 43.7 Å². The second-order valence-electron chi connectivity index (χ2n) is 12.9. The van der Waals surface area contributed by atoms with Crippen LogP contribution in [-0.4, -0.2) is 9.13 Å². The standard InChI is InChI=1S/C45H32N2O/c1-2-9-29-16-20-32(21-17-29)46-42-15-8-5-12-36(42)37-26-30(18-23-43(37)46)31-19-24-44-38(27-31)39-28-33(22-25-45(39)48-44)47-40-13-6-3-10-34(40)35-11-4-7-14-41(35)47/h3-8,10-28H,2,9H2,1H3. The van der Waals surface area contributed by atoms with Gasteiger partial charge in [-0.25, -0.2) is 0 Å². The van der Waals surface area contributed by atoms with Crippen molar-refractivity contribution in [1.82, 2.24) is 9.13 Å². The lowest BCUT2D eigenvalue weighted by Crippen LogP contribution is -1.94. The van der Waals surface area contributed by atoms with E-state index in [0.29, 0.717) is 0 Å². The van der Waals surface area contributed by atoms with Crippen molar-refractivity contribution in [1.29, 1.82) is 0 Å². The molecule has 0 atom stereocenters. The molecule has 0 saturated carbocycles. The molecule has 3 aromatic heterocycles. The molecule has 3 heteroatoms. The highest BCUT2D eigenvalue weighted by atomic mass is 16.3. The van der Waals surface area contributed by atoms with Gasteiger partial charge in [0.05, 0.1) is 22.1 Å². The van der Waals surface area contributed by atoms with Crippen molar-refractivity contribution in [2.45, 2.75) is 19.8 Å². The maximum Gasteiger partial charge on any atom is 0.135 e. The molecule has 0 aliphatic heterocycles. The highest BCUT2D eigenvalue weighted by molar-refractivity contribution is 6.12. The molecule has 7 aromatic carbocycles. The molecule has 0 amide bonds. The zero-order valence-corrected chi connectivity index (χ0v) is 26.7. The summed E-state index contributed by atoms with van der Waals surface area (Å²) in [6.07, 6.45) is 2.26. The van der Waals surface area contributed by atoms with E-state index in [2.05, 4.69) is 168 Å². The summed E-state index contributed by atoms with van der Waals surface area (Å²) in [6.45, 7) is 2.23. The van der Waals surface area contributed by atoms with Crippen molar-refractivity contribution >= 4 is 65.6 Å². The van der Waals surface area contributed by atoms with Crippen molar-refractivity contribution in [2.75, 3.05) is 0 Å².